The van der Waals surface area contributed by atoms with Gasteiger partial charge in [0.15, 0.2) is 12.4 Å². The maximum absolute atomic E-state index is 6.39. The summed E-state index contributed by atoms with van der Waals surface area (Å²) in [6.45, 7) is 15.9. The average Bonchev–Trinajstić information content (AvgIpc) is 1.57. The van der Waals surface area contributed by atoms with Crippen molar-refractivity contribution in [2.24, 2.45) is 0 Å². The Bertz CT molecular complexity index is 5680. The lowest BCUT2D eigenvalue weighted by atomic mass is 9.78. The Kier molecular flexibility index (Phi) is 9.63. The third kappa shape index (κ3) is 6.42. The molecule has 12 aromatic carbocycles. The normalized spacial score (nSPS) is 15.7. The second-order valence-corrected chi connectivity index (χ2v) is 26.4. The predicted octanol–water partition coefficient (Wildman–Crippen LogP) is 18.3. The van der Waals surface area contributed by atoms with Gasteiger partial charge in [-0.05, 0) is 124 Å². The lowest BCUT2D eigenvalue weighted by molar-refractivity contribution is -0.716. The van der Waals surface area contributed by atoms with E-state index in [4.69, 9.17) is 14.2 Å². The number of hydrogen-bond donors (Lipinski definition) is 0. The molecule has 3 aliphatic carbocycles. The molecule has 0 unspecified atom stereocenters. The zero-order chi connectivity index (χ0) is 58.0. The summed E-state index contributed by atoms with van der Waals surface area (Å²) < 4.78 is 26.0. The summed E-state index contributed by atoms with van der Waals surface area (Å²) in [6.07, 6.45) is 4.56. The zero-order valence-electron chi connectivity index (χ0n) is 49.5. The first-order valence-electron chi connectivity index (χ1n) is 30.7. The SMILES string of the molecule is CC1(C)c2c3c(cc4ccccc24)OC[n+]2cc4c(ccc5ccccc54)c1c2-3.CC1(C)c2c3c(cc4ccccc24)OC[n+]2cc4ccc5ccccc5c4c1c2-3.CC1(C)c2cc3ccc4ccccc4c3[n+]3c2-c2c(cc4ccccc4c21)OC3. The first kappa shape index (κ1) is 49.1. The molecule has 15 aromatic rings. The third-order valence-corrected chi connectivity index (χ3v) is 20.7. The quantitative estimate of drug-likeness (QED) is 0.112. The fourth-order valence-corrected chi connectivity index (χ4v) is 17.1. The molecule has 0 saturated heterocycles. The molecule has 6 heteroatoms. The van der Waals surface area contributed by atoms with Crippen LogP contribution in [-0.4, -0.2) is 0 Å². The van der Waals surface area contributed by atoms with Crippen molar-refractivity contribution < 1.29 is 27.9 Å². The lowest BCUT2D eigenvalue weighted by Crippen LogP contribution is -2.43. The van der Waals surface area contributed by atoms with Crippen molar-refractivity contribution in [3.8, 4) is 51.0 Å². The number of nitrogens with zero attached hydrogens (tertiary/aromatic N) is 3. The van der Waals surface area contributed by atoms with E-state index in [2.05, 4.69) is 274 Å². The van der Waals surface area contributed by atoms with Gasteiger partial charge in [0.25, 0.3) is 20.2 Å². The number of fused-ring (bicyclic) bond motifs is 18. The van der Waals surface area contributed by atoms with E-state index < -0.39 is 0 Å². The monoisotopic (exact) mass is 1120 g/mol. The molecule has 0 spiro atoms. The summed E-state index contributed by atoms with van der Waals surface area (Å²) in [4.78, 5) is 0. The lowest BCUT2D eigenvalue weighted by Gasteiger charge is -2.23. The van der Waals surface area contributed by atoms with Gasteiger partial charge in [0, 0.05) is 49.1 Å². The topological polar surface area (TPSA) is 39.3 Å². The van der Waals surface area contributed by atoms with Crippen LogP contribution in [-0.2, 0) is 36.4 Å². The molecular weight excluding hydrogens is 1060 g/mol. The Morgan fingerprint density at radius 3 is 1.31 bits per heavy atom. The van der Waals surface area contributed by atoms with E-state index in [0.717, 1.165) is 17.2 Å². The van der Waals surface area contributed by atoms with Crippen molar-refractivity contribution >= 4 is 97.1 Å². The molecule has 3 aromatic heterocycles. The van der Waals surface area contributed by atoms with Crippen molar-refractivity contribution in [1.29, 1.82) is 0 Å². The minimum atomic E-state index is -0.112. The van der Waals surface area contributed by atoms with Gasteiger partial charge >= 0.3 is 0 Å². The zero-order valence-corrected chi connectivity index (χ0v) is 49.5. The predicted molar refractivity (Wildman–Crippen MR) is 352 cm³/mol. The highest BCUT2D eigenvalue weighted by Crippen LogP contribution is 2.60. The van der Waals surface area contributed by atoms with Gasteiger partial charge in [0.05, 0.1) is 27.5 Å². The van der Waals surface area contributed by atoms with Gasteiger partial charge in [-0.3, -0.25) is 0 Å². The maximum atomic E-state index is 6.39. The molecule has 6 aliphatic rings. The van der Waals surface area contributed by atoms with E-state index in [1.165, 1.54) is 164 Å². The van der Waals surface area contributed by atoms with E-state index in [1.54, 1.807) is 0 Å². The number of ether oxygens (including phenoxy) is 3. The van der Waals surface area contributed by atoms with Crippen molar-refractivity contribution in [2.75, 3.05) is 0 Å². The van der Waals surface area contributed by atoms with Gasteiger partial charge in [-0.25, -0.2) is 0 Å². The van der Waals surface area contributed by atoms with Gasteiger partial charge in [-0.15, -0.1) is 0 Å². The number of hydrogen-bond acceptors (Lipinski definition) is 3. The fraction of sp³-hybridized carbons (Fsp3) is 0.148. The molecule has 0 radical (unpaired) electrons. The van der Waals surface area contributed by atoms with Gasteiger partial charge in [0.1, 0.15) is 17.2 Å². The minimum absolute atomic E-state index is 0.0738. The van der Waals surface area contributed by atoms with Crippen LogP contribution in [0.3, 0.4) is 0 Å². The van der Waals surface area contributed by atoms with Crippen LogP contribution < -0.4 is 27.9 Å². The van der Waals surface area contributed by atoms with Gasteiger partial charge in [0.2, 0.25) is 22.6 Å². The average molecular weight is 1120 g/mol. The molecule has 0 amide bonds. The molecule has 3 aliphatic heterocycles. The highest BCUT2D eigenvalue weighted by molar-refractivity contribution is 6.15. The van der Waals surface area contributed by atoms with Crippen LogP contribution in [0.25, 0.3) is 131 Å². The van der Waals surface area contributed by atoms with E-state index in [-0.39, 0.29) is 16.2 Å². The first-order valence-corrected chi connectivity index (χ1v) is 30.7. The minimum Gasteiger partial charge on any atom is -0.435 e. The molecule has 0 fully saturated rings. The summed E-state index contributed by atoms with van der Waals surface area (Å²) in [5.41, 5.74) is 17.3. The Morgan fingerprint density at radius 2 is 0.713 bits per heavy atom. The highest BCUT2D eigenvalue weighted by atomic mass is 16.5. The van der Waals surface area contributed by atoms with Crippen LogP contribution in [0.15, 0.2) is 219 Å². The maximum Gasteiger partial charge on any atom is 0.293 e. The highest BCUT2D eigenvalue weighted by Gasteiger charge is 2.51. The number of pyridine rings is 3. The largest absolute Gasteiger partial charge is 0.435 e. The molecule has 0 N–H and O–H groups in total. The van der Waals surface area contributed by atoms with E-state index in [0.29, 0.717) is 20.2 Å². The fourth-order valence-electron chi connectivity index (χ4n) is 17.1. The Hall–Kier alpha value is -10.2. The Labute approximate surface area is 503 Å². The molecule has 0 atom stereocenters. The summed E-state index contributed by atoms with van der Waals surface area (Å²) in [7, 11) is 0. The standard InChI is InChI=1S/3C27H20NO/c1-27(2)21-13-18-12-11-16-7-3-6-10-20(16)25(18)28-15-29-22-14-17-8-4-5-9-19(17)24(27)23(22)26(21)28;1-27(2)24-20-10-6-4-8-17(20)13-21-23(24)26-25(27)22-18(14-28(26)15-29-21)12-11-16-7-3-5-9-19(16)22;1-27(2)24-19-10-6-4-8-17(19)13-22-23(24)26-25(27)20-12-11-16-7-3-5-9-18(16)21(20)14-28(26)15-29-22/h3*3-14H,15H2,1-2H3/q3*+1. The van der Waals surface area contributed by atoms with Gasteiger partial charge in [-0.2, -0.15) is 13.7 Å². The second kappa shape index (κ2) is 17.0. The van der Waals surface area contributed by atoms with Crippen LogP contribution in [0.2, 0.25) is 0 Å². The number of aromatic nitrogens is 3. The molecule has 0 saturated carbocycles. The Balaban J connectivity index is 0.0000000950. The van der Waals surface area contributed by atoms with Crippen LogP contribution in [0.1, 0.15) is 74.9 Å². The van der Waals surface area contributed by atoms with Crippen LogP contribution in [0, 0.1) is 0 Å². The molecule has 414 valence electrons. The van der Waals surface area contributed by atoms with E-state index in [1.807, 2.05) is 0 Å². The smallest absolute Gasteiger partial charge is 0.293 e. The summed E-state index contributed by atoms with van der Waals surface area (Å²) >= 11 is 0. The van der Waals surface area contributed by atoms with E-state index >= 15 is 0 Å². The Morgan fingerprint density at radius 1 is 0.299 bits per heavy atom. The van der Waals surface area contributed by atoms with Crippen molar-refractivity contribution in [3.05, 3.63) is 252 Å². The van der Waals surface area contributed by atoms with Gasteiger partial charge in [-0.1, -0.05) is 205 Å². The van der Waals surface area contributed by atoms with Crippen molar-refractivity contribution in [1.82, 2.24) is 0 Å². The van der Waals surface area contributed by atoms with Crippen molar-refractivity contribution in [2.45, 2.75) is 78.0 Å². The summed E-state index contributed by atoms with van der Waals surface area (Å²) in [5.74, 6) is 3.06. The third-order valence-electron chi connectivity index (χ3n) is 20.7. The van der Waals surface area contributed by atoms with Crippen LogP contribution in [0.4, 0.5) is 0 Å². The van der Waals surface area contributed by atoms with E-state index in [9.17, 15) is 0 Å². The summed E-state index contributed by atoms with van der Waals surface area (Å²) in [5, 5.41) is 22.1. The second-order valence-electron chi connectivity index (χ2n) is 26.4. The molecule has 6 nitrogen and oxygen atoms in total. The first-order chi connectivity index (χ1) is 42.4. The van der Waals surface area contributed by atoms with Gasteiger partial charge < -0.3 is 14.2 Å². The molecule has 0 bridgehead atoms. The number of rotatable bonds is 0. The molecule has 21 rings (SSSR count). The molecular formula is C81H60N3O3+3. The number of benzene rings is 12. The molecule has 87 heavy (non-hydrogen) atoms. The van der Waals surface area contributed by atoms with Crippen molar-refractivity contribution in [3.63, 3.8) is 0 Å². The van der Waals surface area contributed by atoms with Crippen LogP contribution >= 0.6 is 0 Å². The molecule has 6 heterocycles. The van der Waals surface area contributed by atoms with Crippen LogP contribution in [0.5, 0.6) is 17.2 Å². The summed E-state index contributed by atoms with van der Waals surface area (Å²) in [6, 6.07) is 74.9.